The second-order valence-electron chi connectivity index (χ2n) is 9.38. The molecule has 0 aliphatic heterocycles. The zero-order chi connectivity index (χ0) is 28.8. The highest BCUT2D eigenvalue weighted by Gasteiger charge is 2.31. The van der Waals surface area contributed by atoms with E-state index in [0.29, 0.717) is 12.0 Å². The maximum atomic E-state index is 13.2. The first kappa shape index (κ1) is 32.0. The van der Waals surface area contributed by atoms with Crippen LogP contribution in [0.2, 0.25) is 0 Å². The molecule has 1 aromatic carbocycles. The molecule has 0 saturated carbocycles. The van der Waals surface area contributed by atoms with Crippen molar-refractivity contribution < 1.29 is 39.0 Å². The van der Waals surface area contributed by atoms with Gasteiger partial charge < -0.3 is 37.6 Å². The van der Waals surface area contributed by atoms with Gasteiger partial charge in [-0.25, -0.2) is 4.79 Å². The third-order valence-electron chi connectivity index (χ3n) is 5.55. The van der Waals surface area contributed by atoms with Gasteiger partial charge in [0.2, 0.25) is 23.6 Å². The van der Waals surface area contributed by atoms with Crippen molar-refractivity contribution in [1.29, 1.82) is 0 Å². The number of benzene rings is 1. The maximum absolute atomic E-state index is 13.2. The molecule has 9 N–H and O–H groups in total. The molecule has 0 heterocycles. The van der Waals surface area contributed by atoms with Crippen LogP contribution in [0.1, 0.15) is 51.5 Å². The van der Waals surface area contributed by atoms with E-state index in [2.05, 4.69) is 16.0 Å². The largest absolute Gasteiger partial charge is 0.481 e. The van der Waals surface area contributed by atoms with E-state index in [1.807, 2.05) is 13.8 Å². The molecule has 0 aromatic heterocycles. The molecule has 0 aliphatic carbocycles. The molecule has 0 aliphatic rings. The number of carbonyl (C=O) groups is 6. The van der Waals surface area contributed by atoms with Crippen molar-refractivity contribution in [2.75, 3.05) is 0 Å². The van der Waals surface area contributed by atoms with Gasteiger partial charge >= 0.3 is 11.9 Å². The van der Waals surface area contributed by atoms with Crippen LogP contribution in [0.5, 0.6) is 0 Å². The Hall–Kier alpha value is -4.00. The lowest BCUT2D eigenvalue weighted by molar-refractivity contribution is -0.143. The van der Waals surface area contributed by atoms with Crippen LogP contribution in [0.4, 0.5) is 0 Å². The molecular weight excluding hydrogens is 498 g/mol. The van der Waals surface area contributed by atoms with Crippen LogP contribution in [0.15, 0.2) is 30.3 Å². The third-order valence-corrected chi connectivity index (χ3v) is 5.55. The van der Waals surface area contributed by atoms with Gasteiger partial charge in [-0.15, -0.1) is 0 Å². The van der Waals surface area contributed by atoms with E-state index in [0.717, 1.165) is 0 Å². The summed E-state index contributed by atoms with van der Waals surface area (Å²) in [6.07, 6.45) is -0.936. The molecule has 13 nitrogen and oxygen atoms in total. The quantitative estimate of drug-likeness (QED) is 0.133. The highest BCUT2D eigenvalue weighted by atomic mass is 16.4. The number of carbonyl (C=O) groups excluding carboxylic acids is 4. The van der Waals surface area contributed by atoms with Crippen molar-refractivity contribution in [3.63, 3.8) is 0 Å². The topological polar surface area (TPSA) is 231 Å². The summed E-state index contributed by atoms with van der Waals surface area (Å²) < 4.78 is 0. The Bertz CT molecular complexity index is 985. The highest BCUT2D eigenvalue weighted by molar-refractivity contribution is 5.94. The number of carboxylic acids is 2. The molecular formula is C25H37N5O8. The van der Waals surface area contributed by atoms with Gasteiger partial charge in [0.05, 0.1) is 6.04 Å². The van der Waals surface area contributed by atoms with Crippen LogP contribution in [0.25, 0.3) is 0 Å². The highest BCUT2D eigenvalue weighted by Crippen LogP contribution is 2.08. The number of rotatable bonds is 17. The maximum Gasteiger partial charge on any atom is 0.326 e. The molecule has 210 valence electrons. The third kappa shape index (κ3) is 12.3. The smallest absolute Gasteiger partial charge is 0.326 e. The number of carboxylic acid groups (broad SMARTS) is 2. The van der Waals surface area contributed by atoms with Crippen LogP contribution < -0.4 is 27.4 Å². The Kier molecular flexibility index (Phi) is 13.5. The molecule has 0 fully saturated rings. The lowest BCUT2D eigenvalue weighted by Gasteiger charge is -2.25. The minimum atomic E-state index is -1.51. The van der Waals surface area contributed by atoms with Crippen molar-refractivity contribution >= 4 is 35.6 Å². The van der Waals surface area contributed by atoms with E-state index in [4.69, 9.17) is 16.6 Å². The predicted octanol–water partition coefficient (Wildman–Crippen LogP) is -0.728. The summed E-state index contributed by atoms with van der Waals surface area (Å²) in [5.74, 6) is -5.55. The lowest BCUT2D eigenvalue weighted by Crippen LogP contribution is -2.57. The SMILES string of the molecule is CC(C)CC(N)C(=O)NC(CCC(N)=O)C(=O)NC(Cc1ccccc1)C(=O)NC(CCC(=O)O)C(=O)O. The van der Waals surface area contributed by atoms with E-state index >= 15 is 0 Å². The Labute approximate surface area is 220 Å². The van der Waals surface area contributed by atoms with Crippen LogP contribution in [-0.2, 0) is 35.2 Å². The van der Waals surface area contributed by atoms with E-state index in [1.54, 1.807) is 30.3 Å². The van der Waals surface area contributed by atoms with Crippen molar-refractivity contribution in [3.05, 3.63) is 35.9 Å². The van der Waals surface area contributed by atoms with E-state index in [1.165, 1.54) is 0 Å². The summed E-state index contributed by atoms with van der Waals surface area (Å²) in [6, 6.07) is 3.62. The predicted molar refractivity (Wildman–Crippen MR) is 136 cm³/mol. The van der Waals surface area contributed by atoms with Crippen molar-refractivity contribution in [3.8, 4) is 0 Å². The molecule has 1 rings (SSSR count). The summed E-state index contributed by atoms with van der Waals surface area (Å²) in [7, 11) is 0. The van der Waals surface area contributed by atoms with Crippen LogP contribution in [-0.4, -0.2) is 69.9 Å². The summed E-state index contributed by atoms with van der Waals surface area (Å²) >= 11 is 0. The summed E-state index contributed by atoms with van der Waals surface area (Å²) in [5, 5.41) is 25.6. The summed E-state index contributed by atoms with van der Waals surface area (Å²) in [6.45, 7) is 3.75. The van der Waals surface area contributed by atoms with Crippen LogP contribution in [0.3, 0.4) is 0 Å². The molecule has 0 radical (unpaired) electrons. The number of primary amides is 1. The first-order valence-electron chi connectivity index (χ1n) is 12.2. The minimum absolute atomic E-state index is 0.0347. The van der Waals surface area contributed by atoms with Gasteiger partial charge in [-0.3, -0.25) is 24.0 Å². The number of nitrogens with two attached hydrogens (primary N) is 2. The number of hydrogen-bond donors (Lipinski definition) is 7. The molecule has 0 spiro atoms. The van der Waals surface area contributed by atoms with Gasteiger partial charge in [-0.1, -0.05) is 44.2 Å². The normalized spacial score (nSPS) is 14.0. The molecule has 1 aromatic rings. The van der Waals surface area contributed by atoms with Crippen molar-refractivity contribution in [2.45, 2.75) is 76.5 Å². The first-order chi connectivity index (χ1) is 17.8. The number of hydrogen-bond acceptors (Lipinski definition) is 7. The average Bonchev–Trinajstić information content (AvgIpc) is 2.83. The fourth-order valence-corrected chi connectivity index (χ4v) is 3.58. The Morgan fingerprint density at radius 1 is 0.789 bits per heavy atom. The van der Waals surface area contributed by atoms with E-state index in [9.17, 15) is 33.9 Å². The fourth-order valence-electron chi connectivity index (χ4n) is 3.58. The summed E-state index contributed by atoms with van der Waals surface area (Å²) in [4.78, 5) is 72.6. The zero-order valence-electron chi connectivity index (χ0n) is 21.5. The summed E-state index contributed by atoms with van der Waals surface area (Å²) in [5.41, 5.74) is 11.8. The van der Waals surface area contributed by atoms with Crippen LogP contribution in [0, 0.1) is 5.92 Å². The van der Waals surface area contributed by atoms with Gasteiger partial charge in [0.15, 0.2) is 0 Å². The number of amides is 4. The molecule has 4 amide bonds. The molecule has 4 atom stereocenters. The lowest BCUT2D eigenvalue weighted by atomic mass is 10.0. The number of nitrogens with one attached hydrogen (secondary N) is 3. The monoisotopic (exact) mass is 535 g/mol. The van der Waals surface area contributed by atoms with Gasteiger partial charge in [0.1, 0.15) is 18.1 Å². The molecule has 4 unspecified atom stereocenters. The van der Waals surface area contributed by atoms with Gasteiger partial charge in [-0.2, -0.15) is 0 Å². The van der Waals surface area contributed by atoms with Crippen molar-refractivity contribution in [1.82, 2.24) is 16.0 Å². The average molecular weight is 536 g/mol. The second kappa shape index (κ2) is 16.0. The molecule has 0 bridgehead atoms. The minimum Gasteiger partial charge on any atom is -0.481 e. The molecule has 13 heteroatoms. The number of aliphatic carboxylic acids is 2. The van der Waals surface area contributed by atoms with Crippen molar-refractivity contribution in [2.24, 2.45) is 17.4 Å². The van der Waals surface area contributed by atoms with E-state index in [-0.39, 0.29) is 31.6 Å². The van der Waals surface area contributed by atoms with Gasteiger partial charge in [-0.05, 0) is 30.7 Å². The Balaban J connectivity index is 3.14. The fraction of sp³-hybridized carbons (Fsp3) is 0.520. The van der Waals surface area contributed by atoms with Crippen LogP contribution >= 0.6 is 0 Å². The van der Waals surface area contributed by atoms with Gasteiger partial charge in [0.25, 0.3) is 0 Å². The molecule has 38 heavy (non-hydrogen) atoms. The Morgan fingerprint density at radius 2 is 1.32 bits per heavy atom. The zero-order valence-corrected chi connectivity index (χ0v) is 21.5. The van der Waals surface area contributed by atoms with Gasteiger partial charge in [0, 0.05) is 19.3 Å². The standard InChI is InChI=1S/C25H37N5O8/c1-14(2)12-16(26)22(34)28-17(8-10-20(27)31)23(35)30-19(13-15-6-4-3-5-7-15)24(36)29-18(25(37)38)9-11-21(32)33/h3-7,14,16-19H,8-13,26H2,1-2H3,(H2,27,31)(H,28,34)(H,29,36)(H,30,35)(H,32,33)(H,37,38). The first-order valence-corrected chi connectivity index (χ1v) is 12.2. The Morgan fingerprint density at radius 3 is 1.84 bits per heavy atom. The molecule has 0 saturated heterocycles. The second-order valence-corrected chi connectivity index (χ2v) is 9.38. The van der Waals surface area contributed by atoms with E-state index < -0.39 is 66.2 Å².